The van der Waals surface area contributed by atoms with Crippen LogP contribution in [0.5, 0.6) is 0 Å². The Labute approximate surface area is 202 Å². The molecule has 6 nitrogen and oxygen atoms in total. The number of allylic oxidation sites excluding steroid dienone is 2. The minimum Gasteiger partial charge on any atom is -0.378 e. The van der Waals surface area contributed by atoms with E-state index in [1.807, 2.05) is 48.5 Å². The van der Waals surface area contributed by atoms with E-state index in [4.69, 9.17) is 11.6 Å². The van der Waals surface area contributed by atoms with Crippen molar-refractivity contribution < 1.29 is 9.72 Å². The number of nitrogens with zero attached hydrogens (tertiary/aromatic N) is 1. The van der Waals surface area contributed by atoms with Gasteiger partial charge in [0.25, 0.3) is 5.69 Å². The number of hydrogen-bond donors (Lipinski definition) is 2. The molecule has 34 heavy (non-hydrogen) atoms. The number of carbonyl (C=O) groups is 1. The lowest BCUT2D eigenvalue weighted by molar-refractivity contribution is -0.384. The average molecular weight is 474 g/mol. The fourth-order valence-electron chi connectivity index (χ4n) is 4.99. The molecule has 0 aromatic heterocycles. The number of benzene rings is 3. The van der Waals surface area contributed by atoms with Gasteiger partial charge in [0.2, 0.25) is 5.91 Å². The lowest BCUT2D eigenvalue weighted by Crippen LogP contribution is -2.29. The molecular formula is C27H24ClN3O3. The van der Waals surface area contributed by atoms with Gasteiger partial charge in [0, 0.05) is 46.4 Å². The first-order valence-corrected chi connectivity index (χ1v) is 11.7. The predicted molar refractivity (Wildman–Crippen MR) is 134 cm³/mol. The number of anilines is 2. The van der Waals surface area contributed by atoms with Gasteiger partial charge >= 0.3 is 0 Å². The molecule has 7 heteroatoms. The van der Waals surface area contributed by atoms with Crippen LogP contribution in [0.25, 0.3) is 0 Å². The molecule has 2 N–H and O–H groups in total. The molecule has 0 spiro atoms. The van der Waals surface area contributed by atoms with Gasteiger partial charge < -0.3 is 10.6 Å². The maximum absolute atomic E-state index is 12.5. The molecule has 5 rings (SSSR count). The minimum absolute atomic E-state index is 0.0210. The van der Waals surface area contributed by atoms with Crippen molar-refractivity contribution in [3.63, 3.8) is 0 Å². The van der Waals surface area contributed by atoms with Crippen LogP contribution in [0.2, 0.25) is 5.02 Å². The fraction of sp³-hybridized carbons (Fsp3) is 0.222. The summed E-state index contributed by atoms with van der Waals surface area (Å²) < 4.78 is 0. The third-order valence-electron chi connectivity index (χ3n) is 6.66. The van der Waals surface area contributed by atoms with Gasteiger partial charge in [-0.1, -0.05) is 54.1 Å². The Balaban J connectivity index is 1.36. The average Bonchev–Trinajstić information content (AvgIpc) is 3.34. The first kappa shape index (κ1) is 22.2. The number of non-ortho nitro benzene ring substituents is 1. The van der Waals surface area contributed by atoms with Crippen LogP contribution in [0, 0.1) is 16.0 Å². The standard InChI is InChI=1S/C27H24ClN3O3/c28-24-12-11-19(31(33)34)16-23(24)27-21-8-4-7-20(21)22-15-18(10-13-25(22)30-27)29-26(32)14-9-17-5-2-1-3-6-17/h1-7,10-13,15-16,20-21,27,30H,8-9,14H2,(H,29,32). The molecule has 1 amide bonds. The lowest BCUT2D eigenvalue weighted by Gasteiger charge is -2.38. The van der Waals surface area contributed by atoms with Gasteiger partial charge in [-0.3, -0.25) is 14.9 Å². The number of nitrogens with one attached hydrogen (secondary N) is 2. The SMILES string of the molecule is O=C(CCc1ccccc1)Nc1ccc2c(c1)C1C=CCC1C(c1cc([N+](=O)[O-])ccc1Cl)N2. The number of rotatable bonds is 6. The number of nitro groups is 1. The third-order valence-corrected chi connectivity index (χ3v) is 7.00. The summed E-state index contributed by atoms with van der Waals surface area (Å²) >= 11 is 6.48. The summed E-state index contributed by atoms with van der Waals surface area (Å²) in [4.78, 5) is 23.5. The molecule has 1 aliphatic heterocycles. The van der Waals surface area contributed by atoms with Crippen molar-refractivity contribution in [3.8, 4) is 0 Å². The highest BCUT2D eigenvalue weighted by Gasteiger charge is 2.39. The van der Waals surface area contributed by atoms with Crippen LogP contribution in [-0.2, 0) is 11.2 Å². The first-order valence-electron chi connectivity index (χ1n) is 11.3. The molecule has 0 saturated carbocycles. The Morgan fingerprint density at radius 3 is 2.71 bits per heavy atom. The van der Waals surface area contributed by atoms with Crippen LogP contribution >= 0.6 is 11.6 Å². The van der Waals surface area contributed by atoms with Crippen molar-refractivity contribution in [2.24, 2.45) is 5.92 Å². The maximum Gasteiger partial charge on any atom is 0.269 e. The van der Waals surface area contributed by atoms with Gasteiger partial charge in [-0.15, -0.1) is 0 Å². The highest BCUT2D eigenvalue weighted by molar-refractivity contribution is 6.31. The van der Waals surface area contributed by atoms with E-state index >= 15 is 0 Å². The van der Waals surface area contributed by atoms with Crippen molar-refractivity contribution in [1.29, 1.82) is 0 Å². The van der Waals surface area contributed by atoms with E-state index in [2.05, 4.69) is 22.8 Å². The van der Waals surface area contributed by atoms with Gasteiger partial charge in [0.05, 0.1) is 11.0 Å². The zero-order valence-electron chi connectivity index (χ0n) is 18.4. The van der Waals surface area contributed by atoms with Gasteiger partial charge in [0.15, 0.2) is 0 Å². The second-order valence-corrected chi connectivity index (χ2v) is 9.18. The van der Waals surface area contributed by atoms with E-state index in [9.17, 15) is 14.9 Å². The number of fused-ring (bicyclic) bond motifs is 3. The summed E-state index contributed by atoms with van der Waals surface area (Å²) in [5.74, 6) is 0.293. The molecule has 3 unspecified atom stereocenters. The van der Waals surface area contributed by atoms with Crippen LogP contribution < -0.4 is 10.6 Å². The van der Waals surface area contributed by atoms with Gasteiger partial charge in [-0.2, -0.15) is 0 Å². The molecular weight excluding hydrogens is 450 g/mol. The van der Waals surface area contributed by atoms with Crippen LogP contribution in [0.15, 0.2) is 78.9 Å². The second kappa shape index (κ2) is 9.31. The van der Waals surface area contributed by atoms with E-state index < -0.39 is 4.92 Å². The smallest absolute Gasteiger partial charge is 0.269 e. The van der Waals surface area contributed by atoms with Gasteiger partial charge in [-0.25, -0.2) is 0 Å². The number of carbonyl (C=O) groups excluding carboxylic acids is 1. The molecule has 0 bridgehead atoms. The summed E-state index contributed by atoms with van der Waals surface area (Å²) in [6, 6.07) is 20.3. The normalized spacial score (nSPS) is 20.2. The highest BCUT2D eigenvalue weighted by Crippen LogP contribution is 2.51. The number of amides is 1. The van der Waals surface area contributed by atoms with Crippen molar-refractivity contribution in [2.75, 3.05) is 10.6 Å². The Hall–Kier alpha value is -3.64. The zero-order valence-corrected chi connectivity index (χ0v) is 19.2. The molecule has 0 fully saturated rings. The van der Waals surface area contributed by atoms with Crippen LogP contribution in [0.4, 0.5) is 17.1 Å². The van der Waals surface area contributed by atoms with E-state index in [1.54, 1.807) is 12.1 Å². The van der Waals surface area contributed by atoms with Crippen molar-refractivity contribution in [1.82, 2.24) is 0 Å². The van der Waals surface area contributed by atoms with Gasteiger partial charge in [-0.05, 0) is 54.2 Å². The van der Waals surface area contributed by atoms with Crippen LogP contribution in [0.1, 0.15) is 41.5 Å². The van der Waals surface area contributed by atoms with Gasteiger partial charge in [0.1, 0.15) is 0 Å². The molecule has 3 atom stereocenters. The Kier molecular flexibility index (Phi) is 6.07. The molecule has 0 radical (unpaired) electrons. The number of halogens is 1. The largest absolute Gasteiger partial charge is 0.378 e. The number of aryl methyl sites for hydroxylation is 1. The summed E-state index contributed by atoms with van der Waals surface area (Å²) in [5, 5.41) is 18.4. The first-order chi connectivity index (χ1) is 16.5. The third kappa shape index (κ3) is 4.41. The molecule has 1 heterocycles. The molecule has 3 aromatic carbocycles. The summed E-state index contributed by atoms with van der Waals surface area (Å²) in [7, 11) is 0. The maximum atomic E-state index is 12.5. The Bertz CT molecular complexity index is 1280. The van der Waals surface area contributed by atoms with Crippen molar-refractivity contribution in [2.45, 2.75) is 31.2 Å². The number of nitro benzene ring substituents is 1. The second-order valence-electron chi connectivity index (χ2n) is 8.77. The highest BCUT2D eigenvalue weighted by atomic mass is 35.5. The number of hydrogen-bond acceptors (Lipinski definition) is 4. The molecule has 2 aliphatic rings. The van der Waals surface area contributed by atoms with E-state index in [0.29, 0.717) is 17.9 Å². The molecule has 0 saturated heterocycles. The predicted octanol–water partition coefficient (Wildman–Crippen LogP) is 6.65. The lowest BCUT2D eigenvalue weighted by atomic mass is 9.77. The zero-order chi connectivity index (χ0) is 23.7. The summed E-state index contributed by atoms with van der Waals surface area (Å²) in [6.45, 7) is 0. The van der Waals surface area contributed by atoms with Crippen LogP contribution in [0.3, 0.4) is 0 Å². The Morgan fingerprint density at radius 2 is 1.91 bits per heavy atom. The van der Waals surface area contributed by atoms with E-state index in [0.717, 1.165) is 34.5 Å². The summed E-state index contributed by atoms with van der Waals surface area (Å²) in [6.07, 6.45) is 6.28. The monoisotopic (exact) mass is 473 g/mol. The van der Waals surface area contributed by atoms with Crippen molar-refractivity contribution in [3.05, 3.63) is 111 Å². The minimum atomic E-state index is -0.395. The molecule has 172 valence electrons. The van der Waals surface area contributed by atoms with E-state index in [-0.39, 0.29) is 29.5 Å². The van der Waals surface area contributed by atoms with Crippen molar-refractivity contribution >= 4 is 34.6 Å². The molecule has 1 aliphatic carbocycles. The summed E-state index contributed by atoms with van der Waals surface area (Å²) in [5.41, 5.74) is 4.73. The molecule has 3 aromatic rings. The van der Waals surface area contributed by atoms with Crippen LogP contribution in [-0.4, -0.2) is 10.8 Å². The van der Waals surface area contributed by atoms with E-state index in [1.165, 1.54) is 6.07 Å². The quantitative estimate of drug-likeness (QED) is 0.238. The topological polar surface area (TPSA) is 84.3 Å². The fourth-order valence-corrected chi connectivity index (χ4v) is 5.22. The Morgan fingerprint density at radius 1 is 1.09 bits per heavy atom.